The lowest BCUT2D eigenvalue weighted by atomic mass is 9.88. The molecule has 0 aromatic heterocycles. The molecule has 340 valence electrons. The van der Waals surface area contributed by atoms with Crippen molar-refractivity contribution in [3.63, 3.8) is 0 Å². The van der Waals surface area contributed by atoms with E-state index >= 15 is 4.39 Å². The molecule has 0 amide bonds. The van der Waals surface area contributed by atoms with Crippen molar-refractivity contribution in [3.05, 3.63) is 90.3 Å². The number of halogens is 1. The average Bonchev–Trinajstić information content (AvgIpc) is 3.27. The maximum atomic E-state index is 16.0. The van der Waals surface area contributed by atoms with Crippen LogP contribution in [0.4, 0.5) is 4.39 Å². The number of Topliss-reactive ketones (excluding diaryl/α,β-unsaturated/α-hetero) is 2. The summed E-state index contributed by atoms with van der Waals surface area (Å²) in [7, 11) is 2.77. The molecule has 3 rings (SSSR count). The molecule has 3 aromatic carbocycles. The molecule has 0 bridgehead atoms. The number of aryl methyl sites for hydroxylation is 1. The molecule has 0 aliphatic rings. The van der Waals surface area contributed by atoms with Crippen molar-refractivity contribution in [2.75, 3.05) is 47.3 Å². The first-order valence-electron chi connectivity index (χ1n) is 20.9. The zero-order chi connectivity index (χ0) is 46.5. The van der Waals surface area contributed by atoms with Crippen LogP contribution < -0.4 is 14.2 Å². The number of ketones is 2. The molecule has 0 saturated carbocycles. The summed E-state index contributed by atoms with van der Waals surface area (Å²) in [6, 6.07) is 14.3. The van der Waals surface area contributed by atoms with Crippen LogP contribution in [0.2, 0.25) is 0 Å². The minimum Gasteiger partial charge on any atom is -0.493 e. The Bertz CT molecular complexity index is 2070. The molecule has 0 saturated heterocycles. The summed E-state index contributed by atoms with van der Waals surface area (Å²) in [4.78, 5) is 75.5. The fourth-order valence-electron chi connectivity index (χ4n) is 5.99. The van der Waals surface area contributed by atoms with Gasteiger partial charge in [0.15, 0.2) is 0 Å². The summed E-state index contributed by atoms with van der Waals surface area (Å²) in [6.45, 7) is 13.3. The van der Waals surface area contributed by atoms with Gasteiger partial charge in [0, 0.05) is 54.9 Å². The van der Waals surface area contributed by atoms with E-state index in [1.807, 2.05) is 6.07 Å². The Hall–Kier alpha value is -5.99. The van der Waals surface area contributed by atoms with Crippen LogP contribution in [-0.4, -0.2) is 82.7 Å². The molecule has 14 heteroatoms. The SMILES string of the molecule is C=C(C)C(=O)Oc1cc(-c2ccc(CCCCCCC)cc2F)c(OC(=O)C(=C)C)cc1-c1ccc(OCC(CC)(COC(=O)C(=O)CCOC)COC(=O)C(=O)CCOC)cc1. The van der Waals surface area contributed by atoms with Crippen LogP contribution in [0.5, 0.6) is 17.2 Å². The van der Waals surface area contributed by atoms with E-state index in [4.69, 9.17) is 33.2 Å². The number of ether oxygens (including phenoxy) is 7. The summed E-state index contributed by atoms with van der Waals surface area (Å²) in [5.41, 5.74) is 0.869. The smallest absolute Gasteiger partial charge is 0.374 e. The van der Waals surface area contributed by atoms with Gasteiger partial charge in [-0.25, -0.2) is 23.6 Å². The number of benzene rings is 3. The summed E-state index contributed by atoms with van der Waals surface area (Å²) in [6.07, 6.45) is 5.86. The van der Waals surface area contributed by atoms with Gasteiger partial charge >= 0.3 is 23.9 Å². The van der Waals surface area contributed by atoms with Crippen molar-refractivity contribution in [3.8, 4) is 39.5 Å². The molecule has 13 nitrogen and oxygen atoms in total. The molecular formula is C49H59FO13. The topological polar surface area (TPSA) is 167 Å². The highest BCUT2D eigenvalue weighted by atomic mass is 19.1. The molecule has 0 atom stereocenters. The molecular weight excluding hydrogens is 816 g/mol. The van der Waals surface area contributed by atoms with Crippen molar-refractivity contribution >= 4 is 35.4 Å². The third-order valence-corrected chi connectivity index (χ3v) is 10.1. The highest BCUT2D eigenvalue weighted by Crippen LogP contribution is 2.43. The third kappa shape index (κ3) is 16.0. The second-order valence-electron chi connectivity index (χ2n) is 15.3. The van der Waals surface area contributed by atoms with Gasteiger partial charge in [0.1, 0.15) is 42.9 Å². The van der Waals surface area contributed by atoms with E-state index in [9.17, 15) is 28.8 Å². The normalized spacial score (nSPS) is 11.0. The fraction of sp³-hybridized carbons (Fsp3) is 0.429. The number of methoxy groups -OCH3 is 2. The van der Waals surface area contributed by atoms with Crippen LogP contribution in [0.1, 0.15) is 84.6 Å². The van der Waals surface area contributed by atoms with Crippen LogP contribution in [0.15, 0.2) is 78.9 Å². The zero-order valence-electron chi connectivity index (χ0n) is 37.2. The third-order valence-electron chi connectivity index (χ3n) is 10.1. The number of rotatable bonds is 28. The summed E-state index contributed by atoms with van der Waals surface area (Å²) in [5, 5.41) is 0. The maximum Gasteiger partial charge on any atom is 0.374 e. The summed E-state index contributed by atoms with van der Waals surface area (Å²) >= 11 is 0. The van der Waals surface area contributed by atoms with Gasteiger partial charge in [0.05, 0.1) is 18.6 Å². The number of unbranched alkanes of at least 4 members (excludes halogenated alkanes) is 4. The first-order valence-corrected chi connectivity index (χ1v) is 20.9. The number of carbonyl (C=O) groups excluding carboxylic acids is 6. The van der Waals surface area contributed by atoms with E-state index in [0.717, 1.165) is 37.7 Å². The van der Waals surface area contributed by atoms with Gasteiger partial charge < -0.3 is 33.2 Å². The van der Waals surface area contributed by atoms with Crippen molar-refractivity contribution in [2.24, 2.45) is 5.41 Å². The van der Waals surface area contributed by atoms with E-state index in [1.54, 1.807) is 37.3 Å². The standard InChI is InChI=1S/C49H59FO13/c1-9-11-12-13-14-15-34-16-21-37(40(50)26-34)39-28-43(62-45(53)32(3)4)38(27-44(39)63-46(54)33(5)6)35-17-19-36(20-18-35)59-29-49(10-2,30-60-47(55)41(51)22-24-57-7)31-61-48(56)42(52)23-25-58-8/h16-21,26-28H,3,5,9-15,22-25,29-31H2,1-2,4,6-8H3. The fourth-order valence-corrected chi connectivity index (χ4v) is 5.99. The van der Waals surface area contributed by atoms with E-state index < -0.39 is 59.9 Å². The molecule has 0 N–H and O–H groups in total. The van der Waals surface area contributed by atoms with Gasteiger partial charge in [-0.1, -0.05) is 77.0 Å². The molecule has 0 unspecified atom stereocenters. The van der Waals surface area contributed by atoms with Gasteiger partial charge in [0.2, 0.25) is 11.6 Å². The number of esters is 4. The monoisotopic (exact) mass is 874 g/mol. The Morgan fingerprint density at radius 3 is 1.63 bits per heavy atom. The van der Waals surface area contributed by atoms with Crippen molar-refractivity contribution in [1.82, 2.24) is 0 Å². The molecule has 0 heterocycles. The van der Waals surface area contributed by atoms with Crippen LogP contribution in [0.25, 0.3) is 22.3 Å². The van der Waals surface area contributed by atoms with E-state index in [1.165, 1.54) is 46.3 Å². The number of hydrogen-bond donors (Lipinski definition) is 0. The van der Waals surface area contributed by atoms with Crippen LogP contribution in [0, 0.1) is 11.2 Å². The van der Waals surface area contributed by atoms with Crippen LogP contribution in [0.3, 0.4) is 0 Å². The highest BCUT2D eigenvalue weighted by Gasteiger charge is 2.35. The van der Waals surface area contributed by atoms with E-state index in [0.29, 0.717) is 23.3 Å². The minimum absolute atomic E-state index is 0.0157. The lowest BCUT2D eigenvalue weighted by molar-refractivity contribution is -0.164. The second-order valence-corrected chi connectivity index (χ2v) is 15.3. The van der Waals surface area contributed by atoms with Gasteiger partial charge in [-0.3, -0.25) is 9.59 Å². The Balaban J connectivity index is 2.02. The Morgan fingerprint density at radius 2 is 1.14 bits per heavy atom. The summed E-state index contributed by atoms with van der Waals surface area (Å²) < 4.78 is 54.1. The highest BCUT2D eigenvalue weighted by molar-refractivity contribution is 6.34. The molecule has 0 fully saturated rings. The molecule has 3 aromatic rings. The van der Waals surface area contributed by atoms with Gasteiger partial charge in [-0.2, -0.15) is 0 Å². The lowest BCUT2D eigenvalue weighted by Crippen LogP contribution is -2.41. The molecule has 0 aliphatic heterocycles. The number of hydrogen-bond acceptors (Lipinski definition) is 13. The summed E-state index contributed by atoms with van der Waals surface area (Å²) in [5.74, 6) is -5.57. The minimum atomic E-state index is -1.20. The molecule has 0 aliphatic carbocycles. The predicted molar refractivity (Wildman–Crippen MR) is 234 cm³/mol. The van der Waals surface area contributed by atoms with Gasteiger partial charge in [-0.15, -0.1) is 0 Å². The molecule has 0 radical (unpaired) electrons. The lowest BCUT2D eigenvalue weighted by Gasteiger charge is -2.31. The molecule has 0 spiro atoms. The van der Waals surface area contributed by atoms with E-state index in [2.05, 4.69) is 20.1 Å². The molecule has 63 heavy (non-hydrogen) atoms. The largest absolute Gasteiger partial charge is 0.493 e. The van der Waals surface area contributed by atoms with Crippen LogP contribution in [-0.2, 0) is 54.1 Å². The zero-order valence-corrected chi connectivity index (χ0v) is 37.2. The number of carbonyl (C=O) groups is 6. The Labute approximate surface area is 368 Å². The van der Waals surface area contributed by atoms with E-state index in [-0.39, 0.29) is 72.9 Å². The van der Waals surface area contributed by atoms with Gasteiger partial charge in [0.25, 0.3) is 0 Å². The average molecular weight is 875 g/mol. The Kier molecular flexibility index (Phi) is 21.1. The Morgan fingerprint density at radius 1 is 0.619 bits per heavy atom. The van der Waals surface area contributed by atoms with Gasteiger partial charge in [-0.05, 0) is 74.6 Å². The van der Waals surface area contributed by atoms with Crippen molar-refractivity contribution in [2.45, 2.75) is 85.5 Å². The van der Waals surface area contributed by atoms with Crippen molar-refractivity contribution < 1.29 is 66.3 Å². The van der Waals surface area contributed by atoms with Crippen LogP contribution >= 0.6 is 0 Å². The first kappa shape index (κ1) is 51.4. The quantitative estimate of drug-likeness (QED) is 0.0224. The second kappa shape index (κ2) is 25.8. The first-order chi connectivity index (χ1) is 30.1. The maximum absolute atomic E-state index is 16.0. The van der Waals surface area contributed by atoms with Crippen molar-refractivity contribution in [1.29, 1.82) is 0 Å². The predicted octanol–water partition coefficient (Wildman–Crippen LogP) is 8.71.